The van der Waals surface area contributed by atoms with Crippen molar-refractivity contribution in [2.45, 2.75) is 13.8 Å². The van der Waals surface area contributed by atoms with Crippen molar-refractivity contribution in [3.05, 3.63) is 28.2 Å². The molecule has 0 spiro atoms. The number of carbonyl (C=O) groups excluding carboxylic acids is 2. The molecule has 0 radical (unpaired) electrons. The van der Waals surface area contributed by atoms with Crippen LogP contribution in [0.4, 0.5) is 5.69 Å². The summed E-state index contributed by atoms with van der Waals surface area (Å²) in [6, 6.07) is 4.90. The zero-order valence-corrected chi connectivity index (χ0v) is 12.6. The van der Waals surface area contributed by atoms with E-state index < -0.39 is 5.97 Å². The fourth-order valence-corrected chi connectivity index (χ4v) is 1.94. The van der Waals surface area contributed by atoms with E-state index in [4.69, 9.17) is 10.5 Å². The zero-order valence-electron chi connectivity index (χ0n) is 11.0. The van der Waals surface area contributed by atoms with Crippen LogP contribution in [0.2, 0.25) is 0 Å². The molecule has 0 saturated carbocycles. The molecule has 0 saturated heterocycles. The highest BCUT2D eigenvalue weighted by Gasteiger charge is 2.16. The summed E-state index contributed by atoms with van der Waals surface area (Å²) in [4.78, 5) is 25.1. The summed E-state index contributed by atoms with van der Waals surface area (Å²) in [7, 11) is 0. The molecule has 19 heavy (non-hydrogen) atoms. The lowest BCUT2D eigenvalue weighted by molar-refractivity contribution is -0.134. The first-order chi connectivity index (χ1) is 8.99. The molecular formula is C13H17BrN2O3. The fourth-order valence-electron chi connectivity index (χ4n) is 1.58. The maximum Gasteiger partial charge on any atom is 0.340 e. The van der Waals surface area contributed by atoms with E-state index in [0.717, 1.165) is 4.47 Å². The molecule has 1 rings (SSSR count). The van der Waals surface area contributed by atoms with Gasteiger partial charge in [-0.15, -0.1) is 0 Å². The fraction of sp³-hybridized carbons (Fsp3) is 0.385. The smallest absolute Gasteiger partial charge is 0.340 e. The van der Waals surface area contributed by atoms with Gasteiger partial charge in [-0.25, -0.2) is 4.79 Å². The van der Waals surface area contributed by atoms with E-state index >= 15 is 0 Å². The van der Waals surface area contributed by atoms with Crippen molar-refractivity contribution in [3.8, 4) is 0 Å². The van der Waals surface area contributed by atoms with Gasteiger partial charge in [-0.3, -0.25) is 4.79 Å². The minimum absolute atomic E-state index is 0.216. The number of hydrogen-bond acceptors (Lipinski definition) is 4. The van der Waals surface area contributed by atoms with Crippen molar-refractivity contribution in [1.29, 1.82) is 0 Å². The first kappa shape index (κ1) is 15.5. The Balaban J connectivity index is 2.65. The van der Waals surface area contributed by atoms with E-state index in [1.807, 2.05) is 13.8 Å². The number of anilines is 1. The molecule has 0 heterocycles. The van der Waals surface area contributed by atoms with Crippen LogP contribution in [0.5, 0.6) is 0 Å². The molecule has 0 aliphatic rings. The number of ether oxygens (including phenoxy) is 1. The molecule has 1 amide bonds. The van der Waals surface area contributed by atoms with Crippen molar-refractivity contribution in [2.75, 3.05) is 25.4 Å². The van der Waals surface area contributed by atoms with Crippen molar-refractivity contribution in [3.63, 3.8) is 0 Å². The molecule has 0 unspecified atom stereocenters. The van der Waals surface area contributed by atoms with E-state index in [-0.39, 0.29) is 18.1 Å². The Bertz CT molecular complexity index is 473. The Hall–Kier alpha value is -1.56. The van der Waals surface area contributed by atoms with Crippen LogP contribution in [-0.2, 0) is 9.53 Å². The van der Waals surface area contributed by atoms with Crippen LogP contribution in [0.3, 0.4) is 0 Å². The number of halogens is 1. The Labute approximate surface area is 120 Å². The molecule has 6 heteroatoms. The standard InChI is InChI=1S/C13H17BrN2O3/c1-3-16(4-2)12(17)8-19-13(18)10-7-9(14)5-6-11(10)15/h5-7H,3-4,8,15H2,1-2H3. The molecule has 0 aliphatic carbocycles. The number of rotatable bonds is 5. The molecule has 104 valence electrons. The van der Waals surface area contributed by atoms with Crippen molar-refractivity contribution in [2.24, 2.45) is 0 Å². The second-order valence-electron chi connectivity index (χ2n) is 3.87. The van der Waals surface area contributed by atoms with E-state index in [9.17, 15) is 9.59 Å². The maximum absolute atomic E-state index is 11.8. The third kappa shape index (κ3) is 4.24. The van der Waals surface area contributed by atoms with Gasteiger partial charge in [-0.2, -0.15) is 0 Å². The van der Waals surface area contributed by atoms with Gasteiger partial charge in [0.15, 0.2) is 6.61 Å². The van der Waals surface area contributed by atoms with Crippen LogP contribution < -0.4 is 5.73 Å². The first-order valence-corrected chi connectivity index (χ1v) is 6.78. The lowest BCUT2D eigenvalue weighted by atomic mass is 10.2. The van der Waals surface area contributed by atoms with E-state index in [1.165, 1.54) is 0 Å². The molecule has 0 fully saturated rings. The highest BCUT2D eigenvalue weighted by molar-refractivity contribution is 9.10. The second kappa shape index (κ2) is 7.13. The van der Waals surface area contributed by atoms with Gasteiger partial charge in [0.05, 0.1) is 5.56 Å². The number of amides is 1. The van der Waals surface area contributed by atoms with Crippen LogP contribution in [-0.4, -0.2) is 36.5 Å². The number of nitrogen functional groups attached to an aromatic ring is 1. The first-order valence-electron chi connectivity index (χ1n) is 5.99. The van der Waals surface area contributed by atoms with Gasteiger partial charge in [-0.05, 0) is 32.0 Å². The number of esters is 1. The van der Waals surface area contributed by atoms with Crippen LogP contribution in [0.1, 0.15) is 24.2 Å². The highest BCUT2D eigenvalue weighted by atomic mass is 79.9. The number of hydrogen-bond donors (Lipinski definition) is 1. The average molecular weight is 329 g/mol. The van der Waals surface area contributed by atoms with E-state index in [0.29, 0.717) is 18.8 Å². The van der Waals surface area contributed by atoms with E-state index in [1.54, 1.807) is 23.1 Å². The monoisotopic (exact) mass is 328 g/mol. The molecule has 0 bridgehead atoms. The van der Waals surface area contributed by atoms with Gasteiger partial charge in [0.1, 0.15) is 0 Å². The molecule has 2 N–H and O–H groups in total. The molecule has 1 aromatic rings. The molecule has 1 aromatic carbocycles. The summed E-state index contributed by atoms with van der Waals surface area (Å²) in [6.45, 7) is 4.65. The summed E-state index contributed by atoms with van der Waals surface area (Å²) < 4.78 is 5.71. The number of likely N-dealkylation sites (N-methyl/N-ethyl adjacent to an activating group) is 1. The van der Waals surface area contributed by atoms with Gasteiger partial charge >= 0.3 is 5.97 Å². The average Bonchev–Trinajstić information content (AvgIpc) is 2.40. The molecule has 0 aromatic heterocycles. The van der Waals surface area contributed by atoms with Crippen molar-refractivity contribution in [1.82, 2.24) is 4.90 Å². The van der Waals surface area contributed by atoms with Gasteiger partial charge < -0.3 is 15.4 Å². The van der Waals surface area contributed by atoms with Gasteiger partial charge in [-0.1, -0.05) is 15.9 Å². The minimum Gasteiger partial charge on any atom is -0.452 e. The second-order valence-corrected chi connectivity index (χ2v) is 4.79. The molecule has 5 nitrogen and oxygen atoms in total. The Morgan fingerprint density at radius 1 is 1.32 bits per heavy atom. The van der Waals surface area contributed by atoms with Crippen molar-refractivity contribution >= 4 is 33.5 Å². The van der Waals surface area contributed by atoms with Crippen LogP contribution in [0.25, 0.3) is 0 Å². The normalized spacial score (nSPS) is 10.1. The summed E-state index contributed by atoms with van der Waals surface area (Å²) in [5.74, 6) is -0.814. The van der Waals surface area contributed by atoms with Crippen LogP contribution in [0, 0.1) is 0 Å². The largest absolute Gasteiger partial charge is 0.452 e. The van der Waals surface area contributed by atoms with Crippen LogP contribution >= 0.6 is 15.9 Å². The number of carbonyl (C=O) groups is 2. The Morgan fingerprint density at radius 3 is 2.53 bits per heavy atom. The summed E-state index contributed by atoms with van der Waals surface area (Å²) >= 11 is 3.25. The predicted octanol–water partition coefficient (Wildman–Crippen LogP) is 2.06. The Morgan fingerprint density at radius 2 is 1.95 bits per heavy atom. The minimum atomic E-state index is -0.598. The maximum atomic E-state index is 11.8. The van der Waals surface area contributed by atoms with Gasteiger partial charge in [0.2, 0.25) is 0 Å². The molecule has 0 atom stereocenters. The number of nitrogens with two attached hydrogens (primary N) is 1. The lowest BCUT2D eigenvalue weighted by Crippen LogP contribution is -2.34. The van der Waals surface area contributed by atoms with E-state index in [2.05, 4.69) is 15.9 Å². The number of benzene rings is 1. The molecule has 0 aliphatic heterocycles. The SMILES string of the molecule is CCN(CC)C(=O)COC(=O)c1cc(Br)ccc1N. The topological polar surface area (TPSA) is 72.6 Å². The quantitative estimate of drug-likeness (QED) is 0.663. The highest BCUT2D eigenvalue weighted by Crippen LogP contribution is 2.19. The van der Waals surface area contributed by atoms with Gasteiger partial charge in [0.25, 0.3) is 5.91 Å². The van der Waals surface area contributed by atoms with Crippen LogP contribution in [0.15, 0.2) is 22.7 Å². The van der Waals surface area contributed by atoms with Crippen molar-refractivity contribution < 1.29 is 14.3 Å². The Kier molecular flexibility index (Phi) is 5.82. The molecular weight excluding hydrogens is 312 g/mol. The summed E-state index contributed by atoms with van der Waals surface area (Å²) in [5.41, 5.74) is 6.27. The summed E-state index contributed by atoms with van der Waals surface area (Å²) in [5, 5.41) is 0. The number of nitrogens with zero attached hydrogens (tertiary/aromatic N) is 1. The zero-order chi connectivity index (χ0) is 14.4. The summed E-state index contributed by atoms with van der Waals surface area (Å²) in [6.07, 6.45) is 0. The third-order valence-electron chi connectivity index (χ3n) is 2.68. The lowest BCUT2D eigenvalue weighted by Gasteiger charge is -2.18. The third-order valence-corrected chi connectivity index (χ3v) is 3.17. The van der Waals surface area contributed by atoms with Gasteiger partial charge in [0, 0.05) is 23.2 Å². The predicted molar refractivity (Wildman–Crippen MR) is 76.8 cm³/mol.